The van der Waals surface area contributed by atoms with Crippen LogP contribution in [0.1, 0.15) is 45.4 Å². The Bertz CT molecular complexity index is 587. The maximum atomic E-state index is 11.6. The van der Waals surface area contributed by atoms with Crippen molar-refractivity contribution in [2.24, 2.45) is 0 Å². The number of nitrogens with zero attached hydrogens (tertiary/aromatic N) is 2. The first-order valence-electron chi connectivity index (χ1n) is 9.70. The van der Waals surface area contributed by atoms with E-state index >= 15 is 0 Å². The summed E-state index contributed by atoms with van der Waals surface area (Å²) in [4.78, 5) is 15.9. The zero-order chi connectivity index (χ0) is 18.5. The average Bonchev–Trinajstić information content (AvgIpc) is 2.59. The van der Waals surface area contributed by atoms with Gasteiger partial charge in [0.15, 0.2) is 0 Å². The van der Waals surface area contributed by atoms with Crippen LogP contribution in [0.5, 0.6) is 0 Å². The van der Waals surface area contributed by atoms with Crippen LogP contribution >= 0.6 is 0 Å². The third-order valence-corrected chi connectivity index (χ3v) is 5.81. The summed E-state index contributed by atoms with van der Waals surface area (Å²) in [5, 5.41) is 11.1. The lowest BCUT2D eigenvalue weighted by Gasteiger charge is -2.41. The van der Waals surface area contributed by atoms with E-state index in [0.717, 1.165) is 37.5 Å². The number of nitrogens with one attached hydrogen (secondary N) is 1. The van der Waals surface area contributed by atoms with Crippen LogP contribution in [0.4, 0.5) is 0 Å². The number of allylic oxidation sites excluding steroid dienone is 1. The van der Waals surface area contributed by atoms with Crippen LogP contribution in [0.25, 0.3) is 0 Å². The lowest BCUT2D eigenvalue weighted by molar-refractivity contribution is -0.128. The molecule has 0 aromatic rings. The van der Waals surface area contributed by atoms with Gasteiger partial charge >= 0.3 is 0 Å². The van der Waals surface area contributed by atoms with Gasteiger partial charge in [-0.2, -0.15) is 0 Å². The summed E-state index contributed by atoms with van der Waals surface area (Å²) in [5.74, 6) is 0.638. The Balaban J connectivity index is 1.49. The first kappa shape index (κ1) is 19.0. The molecule has 1 saturated carbocycles. The zero-order valence-electron chi connectivity index (χ0n) is 15.7. The highest BCUT2D eigenvalue weighted by Gasteiger charge is 2.29. The van der Waals surface area contributed by atoms with E-state index in [4.69, 9.17) is 4.74 Å². The molecule has 3 rings (SSSR count). The largest absolute Gasteiger partial charge is 0.761 e. The molecule has 144 valence electrons. The minimum absolute atomic E-state index is 0.0224. The standard InChI is InChI=1S/C20H30N3O3/c1-15(26-19-8-11-22(12-9-19)18-4-3-5-18)6-7-17-14-23(16(2)24)13-10-20(17)21-25/h6-7,18-19,21H,1,3-5,8-14H2,2H3/q-1/b7-6-. The molecular weight excluding hydrogens is 330 g/mol. The molecule has 1 saturated heterocycles. The van der Waals surface area contributed by atoms with Gasteiger partial charge in [-0.3, -0.25) is 4.79 Å². The van der Waals surface area contributed by atoms with Crippen LogP contribution in [-0.4, -0.2) is 54.0 Å². The molecule has 6 nitrogen and oxygen atoms in total. The lowest BCUT2D eigenvalue weighted by Crippen LogP contribution is -2.46. The van der Waals surface area contributed by atoms with Crippen molar-refractivity contribution < 1.29 is 9.53 Å². The number of likely N-dealkylation sites (tertiary alicyclic amines) is 1. The molecule has 1 N–H and O–H groups in total. The Kier molecular flexibility index (Phi) is 6.38. The number of hydrogen-bond donors (Lipinski definition) is 1. The van der Waals surface area contributed by atoms with Crippen molar-refractivity contribution in [2.45, 2.75) is 57.6 Å². The summed E-state index contributed by atoms with van der Waals surface area (Å²) >= 11 is 0. The molecule has 2 aliphatic heterocycles. The number of carbonyl (C=O) groups is 1. The molecule has 1 aliphatic carbocycles. The van der Waals surface area contributed by atoms with Crippen LogP contribution in [0, 0.1) is 5.21 Å². The summed E-state index contributed by atoms with van der Waals surface area (Å²) in [7, 11) is 0. The Labute approximate surface area is 156 Å². The smallest absolute Gasteiger partial charge is 0.219 e. The Hall–Kier alpha value is -1.79. The molecule has 26 heavy (non-hydrogen) atoms. The second kappa shape index (κ2) is 8.73. The summed E-state index contributed by atoms with van der Waals surface area (Å²) in [5.41, 5.74) is 3.47. The number of carbonyl (C=O) groups excluding carboxylic acids is 1. The summed E-state index contributed by atoms with van der Waals surface area (Å²) in [6, 6.07) is 0.805. The quantitative estimate of drug-likeness (QED) is 0.448. The number of amides is 1. The SMILES string of the molecule is C=C(/C=C\C1=C(N[O-])CCN(C(C)=O)C1)OC1CCN(C2CCC2)CC1. The van der Waals surface area contributed by atoms with Crippen LogP contribution in [0.3, 0.4) is 0 Å². The predicted molar refractivity (Wildman–Crippen MR) is 102 cm³/mol. The van der Waals surface area contributed by atoms with E-state index in [1.807, 2.05) is 17.6 Å². The topological polar surface area (TPSA) is 67.9 Å². The van der Waals surface area contributed by atoms with Crippen molar-refractivity contribution in [1.29, 1.82) is 0 Å². The van der Waals surface area contributed by atoms with E-state index < -0.39 is 0 Å². The van der Waals surface area contributed by atoms with Gasteiger partial charge in [0.25, 0.3) is 0 Å². The highest BCUT2D eigenvalue weighted by Crippen LogP contribution is 2.28. The van der Waals surface area contributed by atoms with Crippen molar-refractivity contribution in [3.05, 3.63) is 41.0 Å². The van der Waals surface area contributed by atoms with Gasteiger partial charge in [0.05, 0.1) is 0 Å². The fraction of sp³-hybridized carbons (Fsp3) is 0.650. The third kappa shape index (κ3) is 4.68. The van der Waals surface area contributed by atoms with E-state index in [1.54, 1.807) is 11.8 Å². The van der Waals surface area contributed by atoms with Gasteiger partial charge in [-0.05, 0) is 37.3 Å². The molecule has 6 heteroatoms. The van der Waals surface area contributed by atoms with Crippen LogP contribution in [0.2, 0.25) is 0 Å². The van der Waals surface area contributed by atoms with Crippen molar-refractivity contribution >= 4 is 5.91 Å². The van der Waals surface area contributed by atoms with Crippen LogP contribution < -0.4 is 5.48 Å². The summed E-state index contributed by atoms with van der Waals surface area (Å²) in [6.45, 7) is 8.78. The highest BCUT2D eigenvalue weighted by molar-refractivity contribution is 5.74. The first-order valence-corrected chi connectivity index (χ1v) is 9.70. The van der Waals surface area contributed by atoms with Gasteiger partial charge in [-0.1, -0.05) is 19.1 Å². The number of ether oxygens (including phenoxy) is 1. The molecule has 3 aliphatic rings. The van der Waals surface area contributed by atoms with Gasteiger partial charge in [-0.25, -0.2) is 0 Å². The molecule has 0 bridgehead atoms. The average molecular weight is 360 g/mol. The number of piperidine rings is 1. The monoisotopic (exact) mass is 360 g/mol. The lowest BCUT2D eigenvalue weighted by atomic mass is 9.90. The van der Waals surface area contributed by atoms with E-state index in [9.17, 15) is 10.0 Å². The molecule has 1 amide bonds. The fourth-order valence-corrected chi connectivity index (χ4v) is 3.88. The van der Waals surface area contributed by atoms with Crippen molar-refractivity contribution in [3.8, 4) is 0 Å². The maximum Gasteiger partial charge on any atom is 0.219 e. The molecule has 0 radical (unpaired) electrons. The van der Waals surface area contributed by atoms with E-state index in [-0.39, 0.29) is 12.0 Å². The summed E-state index contributed by atoms with van der Waals surface area (Å²) in [6.07, 6.45) is 10.6. The van der Waals surface area contributed by atoms with Gasteiger partial charge in [0.1, 0.15) is 11.9 Å². The fourth-order valence-electron chi connectivity index (χ4n) is 3.88. The Morgan fingerprint density at radius 1 is 1.27 bits per heavy atom. The normalized spacial score (nSPS) is 23.2. The van der Waals surface area contributed by atoms with Crippen molar-refractivity contribution in [3.63, 3.8) is 0 Å². The maximum absolute atomic E-state index is 11.6. The third-order valence-electron chi connectivity index (χ3n) is 5.81. The molecule has 2 heterocycles. The predicted octanol–water partition coefficient (Wildman–Crippen LogP) is 2.68. The molecule has 0 unspecified atom stereocenters. The molecule has 0 atom stereocenters. The van der Waals surface area contributed by atoms with Gasteiger partial charge in [0.2, 0.25) is 5.91 Å². The second-order valence-electron chi connectivity index (χ2n) is 7.53. The second-order valence-corrected chi connectivity index (χ2v) is 7.53. The van der Waals surface area contributed by atoms with Crippen molar-refractivity contribution in [1.82, 2.24) is 15.3 Å². The van der Waals surface area contributed by atoms with E-state index in [2.05, 4.69) is 11.5 Å². The van der Waals surface area contributed by atoms with Crippen LogP contribution in [-0.2, 0) is 9.53 Å². The minimum atomic E-state index is 0.0224. The molecular formula is C20H30N3O3-. The Morgan fingerprint density at radius 3 is 2.58 bits per heavy atom. The van der Waals surface area contributed by atoms with E-state index in [0.29, 0.717) is 31.0 Å². The van der Waals surface area contributed by atoms with Crippen molar-refractivity contribution in [2.75, 3.05) is 26.2 Å². The van der Waals surface area contributed by atoms with Gasteiger partial charge in [-0.15, -0.1) is 0 Å². The van der Waals surface area contributed by atoms with E-state index in [1.165, 1.54) is 19.3 Å². The number of hydrogen-bond acceptors (Lipinski definition) is 5. The molecule has 0 aromatic carbocycles. The molecule has 2 fully saturated rings. The molecule has 0 spiro atoms. The number of rotatable bonds is 6. The molecule has 0 aromatic heterocycles. The minimum Gasteiger partial charge on any atom is -0.761 e. The zero-order valence-corrected chi connectivity index (χ0v) is 15.7. The van der Waals surface area contributed by atoms with Gasteiger partial charge < -0.3 is 25.2 Å². The van der Waals surface area contributed by atoms with Gasteiger partial charge in [0, 0.05) is 51.3 Å². The number of hydroxylamine groups is 1. The Morgan fingerprint density at radius 2 is 2.00 bits per heavy atom. The highest BCUT2D eigenvalue weighted by atomic mass is 16.5. The first-order chi connectivity index (χ1) is 12.6. The van der Waals surface area contributed by atoms with Crippen LogP contribution in [0.15, 0.2) is 35.8 Å². The summed E-state index contributed by atoms with van der Waals surface area (Å²) < 4.78 is 6.00.